The number of nitrogens with one attached hydrogen (secondary N) is 1. The lowest BCUT2D eigenvalue weighted by molar-refractivity contribution is -0.0243. The van der Waals surface area contributed by atoms with E-state index in [0.29, 0.717) is 12.1 Å². The van der Waals surface area contributed by atoms with Gasteiger partial charge < -0.3 is 15.2 Å². The quantitative estimate of drug-likeness (QED) is 0.768. The Balaban J connectivity index is 1.66. The fourth-order valence-corrected chi connectivity index (χ4v) is 2.74. The lowest BCUT2D eigenvalue weighted by atomic mass is 9.79. The van der Waals surface area contributed by atoms with Gasteiger partial charge in [-0.2, -0.15) is 0 Å². The van der Waals surface area contributed by atoms with Crippen LogP contribution in [0, 0.1) is 5.92 Å². The first kappa shape index (κ1) is 12.3. The number of hydrogen-bond acceptors (Lipinski definition) is 3. The highest BCUT2D eigenvalue weighted by Crippen LogP contribution is 2.32. The maximum absolute atomic E-state index is 10.4. The molecule has 0 aliphatic heterocycles. The van der Waals surface area contributed by atoms with Crippen molar-refractivity contribution in [3.8, 4) is 0 Å². The highest BCUT2D eigenvalue weighted by Gasteiger charge is 2.34. The van der Waals surface area contributed by atoms with Crippen molar-refractivity contribution in [1.29, 1.82) is 0 Å². The van der Waals surface area contributed by atoms with Crippen LogP contribution in [0.4, 0.5) is 0 Å². The molecule has 0 amide bonds. The first-order valence-corrected chi connectivity index (χ1v) is 6.60. The van der Waals surface area contributed by atoms with Crippen LogP contribution in [0.2, 0.25) is 0 Å². The summed E-state index contributed by atoms with van der Waals surface area (Å²) in [6, 6.07) is 0.563. The molecule has 2 rings (SSSR count). The molecular weight excluding hydrogens is 202 g/mol. The van der Waals surface area contributed by atoms with E-state index in [0.717, 1.165) is 38.1 Å². The van der Waals surface area contributed by atoms with Crippen LogP contribution in [-0.2, 0) is 4.74 Å². The summed E-state index contributed by atoms with van der Waals surface area (Å²) < 4.78 is 5.24. The number of hydrogen-bond donors (Lipinski definition) is 2. The lowest BCUT2D eigenvalue weighted by Crippen LogP contribution is -2.51. The molecule has 0 unspecified atom stereocenters. The summed E-state index contributed by atoms with van der Waals surface area (Å²) in [5.41, 5.74) is -0.440. The van der Waals surface area contributed by atoms with Crippen molar-refractivity contribution >= 4 is 0 Å². The summed E-state index contributed by atoms with van der Waals surface area (Å²) in [7, 11) is 1.77. The summed E-state index contributed by atoms with van der Waals surface area (Å²) in [6.45, 7) is 3.04. The first-order valence-electron chi connectivity index (χ1n) is 6.60. The summed E-state index contributed by atoms with van der Waals surface area (Å²) in [5, 5.41) is 13.9. The monoisotopic (exact) mass is 227 g/mol. The Morgan fingerprint density at radius 1 is 1.31 bits per heavy atom. The van der Waals surface area contributed by atoms with Crippen LogP contribution in [0.1, 0.15) is 45.4 Å². The van der Waals surface area contributed by atoms with Crippen molar-refractivity contribution in [3.05, 3.63) is 0 Å². The molecule has 2 aliphatic carbocycles. The van der Waals surface area contributed by atoms with Gasteiger partial charge in [-0.1, -0.05) is 6.92 Å². The molecule has 2 fully saturated rings. The molecule has 16 heavy (non-hydrogen) atoms. The molecule has 94 valence electrons. The zero-order chi connectivity index (χ0) is 11.6. The molecule has 0 atom stereocenters. The minimum Gasteiger partial charge on any atom is -0.389 e. The maximum atomic E-state index is 10.4. The van der Waals surface area contributed by atoms with E-state index in [4.69, 9.17) is 4.74 Å². The largest absolute Gasteiger partial charge is 0.389 e. The minimum absolute atomic E-state index is 0.440. The van der Waals surface area contributed by atoms with Gasteiger partial charge in [0.05, 0.1) is 11.7 Å². The van der Waals surface area contributed by atoms with Crippen molar-refractivity contribution in [3.63, 3.8) is 0 Å². The second kappa shape index (κ2) is 5.03. The van der Waals surface area contributed by atoms with Crippen molar-refractivity contribution in [2.24, 2.45) is 5.92 Å². The molecule has 2 saturated carbocycles. The van der Waals surface area contributed by atoms with E-state index < -0.39 is 5.60 Å². The predicted octanol–water partition coefficient (Wildman–Crippen LogP) is 1.69. The second-order valence-corrected chi connectivity index (χ2v) is 5.81. The molecule has 0 aromatic heterocycles. The van der Waals surface area contributed by atoms with Gasteiger partial charge in [0.25, 0.3) is 0 Å². The maximum Gasteiger partial charge on any atom is 0.0771 e. The molecule has 3 nitrogen and oxygen atoms in total. The highest BCUT2D eigenvalue weighted by atomic mass is 16.5. The van der Waals surface area contributed by atoms with E-state index in [1.165, 1.54) is 12.8 Å². The molecule has 0 heterocycles. The fraction of sp³-hybridized carbons (Fsp3) is 1.00. The van der Waals surface area contributed by atoms with Crippen LogP contribution < -0.4 is 5.32 Å². The van der Waals surface area contributed by atoms with Crippen LogP contribution >= 0.6 is 0 Å². The Kier molecular flexibility index (Phi) is 3.88. The van der Waals surface area contributed by atoms with Crippen LogP contribution in [0.25, 0.3) is 0 Å². The van der Waals surface area contributed by atoms with Crippen LogP contribution in [0.3, 0.4) is 0 Å². The van der Waals surface area contributed by atoms with Gasteiger partial charge in [-0.05, 0) is 44.4 Å². The van der Waals surface area contributed by atoms with E-state index >= 15 is 0 Å². The zero-order valence-corrected chi connectivity index (χ0v) is 10.5. The number of rotatable bonds is 4. The van der Waals surface area contributed by atoms with E-state index in [-0.39, 0.29) is 0 Å². The molecule has 0 saturated heterocycles. The average molecular weight is 227 g/mol. The van der Waals surface area contributed by atoms with Gasteiger partial charge in [0.2, 0.25) is 0 Å². The van der Waals surface area contributed by atoms with Gasteiger partial charge in [-0.15, -0.1) is 0 Å². The zero-order valence-electron chi connectivity index (χ0n) is 10.5. The summed E-state index contributed by atoms with van der Waals surface area (Å²) >= 11 is 0. The van der Waals surface area contributed by atoms with E-state index in [9.17, 15) is 5.11 Å². The van der Waals surface area contributed by atoms with Gasteiger partial charge >= 0.3 is 0 Å². The number of aliphatic hydroxyl groups is 1. The summed E-state index contributed by atoms with van der Waals surface area (Å²) in [5.74, 6) is 0.793. The third kappa shape index (κ3) is 2.96. The minimum atomic E-state index is -0.440. The lowest BCUT2D eigenvalue weighted by Gasteiger charge is -2.40. The Labute approximate surface area is 98.6 Å². The normalized spacial score (nSPS) is 44.1. The molecule has 0 bridgehead atoms. The third-order valence-electron chi connectivity index (χ3n) is 4.35. The highest BCUT2D eigenvalue weighted by molar-refractivity contribution is 4.91. The van der Waals surface area contributed by atoms with Crippen molar-refractivity contribution in [2.75, 3.05) is 13.7 Å². The van der Waals surface area contributed by atoms with Crippen molar-refractivity contribution < 1.29 is 9.84 Å². The molecule has 0 aromatic carbocycles. The van der Waals surface area contributed by atoms with Gasteiger partial charge in [-0.25, -0.2) is 0 Å². The van der Waals surface area contributed by atoms with Crippen molar-refractivity contribution in [2.45, 2.75) is 63.2 Å². The van der Waals surface area contributed by atoms with Crippen LogP contribution in [0.15, 0.2) is 0 Å². The number of ether oxygens (including phenoxy) is 1. The standard InChI is InChI=1S/C13H25NO2/c1-10-3-5-13(15,6-4-10)9-14-11-7-12(8-11)16-2/h10-12,14-15H,3-9H2,1-2H3. The Bertz CT molecular complexity index is 218. The van der Waals surface area contributed by atoms with Gasteiger partial charge in [0, 0.05) is 19.7 Å². The smallest absolute Gasteiger partial charge is 0.0771 e. The van der Waals surface area contributed by atoms with Gasteiger partial charge in [-0.3, -0.25) is 0 Å². The first-order chi connectivity index (χ1) is 7.61. The van der Waals surface area contributed by atoms with E-state index in [1.54, 1.807) is 7.11 Å². The predicted molar refractivity (Wildman–Crippen MR) is 64.4 cm³/mol. The third-order valence-corrected chi connectivity index (χ3v) is 4.35. The van der Waals surface area contributed by atoms with Crippen LogP contribution in [-0.4, -0.2) is 36.5 Å². The Morgan fingerprint density at radius 3 is 2.50 bits per heavy atom. The van der Waals surface area contributed by atoms with E-state index in [1.807, 2.05) is 0 Å². The molecule has 0 radical (unpaired) electrons. The molecule has 3 heteroatoms. The Morgan fingerprint density at radius 2 is 1.94 bits per heavy atom. The molecular formula is C13H25NO2. The average Bonchev–Trinajstić information content (AvgIpc) is 2.21. The topological polar surface area (TPSA) is 41.5 Å². The Hall–Kier alpha value is -0.120. The fourth-order valence-electron chi connectivity index (χ4n) is 2.74. The number of methoxy groups -OCH3 is 1. The SMILES string of the molecule is COC1CC(NCC2(O)CCC(C)CC2)C1. The summed E-state index contributed by atoms with van der Waals surface area (Å²) in [6.07, 6.45) is 6.90. The van der Waals surface area contributed by atoms with Crippen molar-refractivity contribution in [1.82, 2.24) is 5.32 Å². The van der Waals surface area contributed by atoms with Gasteiger partial charge in [0.15, 0.2) is 0 Å². The van der Waals surface area contributed by atoms with Gasteiger partial charge in [0.1, 0.15) is 0 Å². The molecule has 0 spiro atoms. The van der Waals surface area contributed by atoms with E-state index in [2.05, 4.69) is 12.2 Å². The molecule has 2 N–H and O–H groups in total. The van der Waals surface area contributed by atoms with Crippen LogP contribution in [0.5, 0.6) is 0 Å². The molecule has 2 aliphatic rings. The summed E-state index contributed by atoms with van der Waals surface area (Å²) in [4.78, 5) is 0. The molecule has 0 aromatic rings. The second-order valence-electron chi connectivity index (χ2n) is 5.81.